The molecule has 29 heavy (non-hydrogen) atoms. The van der Waals surface area contributed by atoms with Gasteiger partial charge >= 0.3 is 5.97 Å². The van der Waals surface area contributed by atoms with Crippen LogP contribution in [-0.4, -0.2) is 35.4 Å². The Balaban J connectivity index is 1.74. The Labute approximate surface area is 166 Å². The highest BCUT2D eigenvalue weighted by atomic mass is 32.2. The number of aromatic nitrogens is 1. The number of carbonyl (C=O) groups excluding carboxylic acids is 1. The summed E-state index contributed by atoms with van der Waals surface area (Å²) in [5.41, 5.74) is 0.323. The third kappa shape index (κ3) is 4.77. The summed E-state index contributed by atoms with van der Waals surface area (Å²) in [7, 11) is -3.82. The zero-order valence-corrected chi connectivity index (χ0v) is 15.8. The number of phenols is 1. The molecule has 8 nitrogen and oxygen atoms in total. The summed E-state index contributed by atoms with van der Waals surface area (Å²) in [6.45, 7) is 0. The second kappa shape index (κ2) is 8.11. The van der Waals surface area contributed by atoms with E-state index in [-0.39, 0.29) is 34.0 Å². The Hall–Kier alpha value is -3.72. The van der Waals surface area contributed by atoms with E-state index in [0.29, 0.717) is 5.56 Å². The molecule has 0 radical (unpaired) electrons. The Morgan fingerprint density at radius 2 is 1.72 bits per heavy atom. The molecule has 3 rings (SSSR count). The number of hydrogen-bond donors (Lipinski definition) is 3. The van der Waals surface area contributed by atoms with Crippen LogP contribution in [0.5, 0.6) is 5.75 Å². The van der Waals surface area contributed by atoms with Crippen LogP contribution in [0, 0.1) is 0 Å². The van der Waals surface area contributed by atoms with Crippen molar-refractivity contribution in [2.75, 3.05) is 4.72 Å². The number of carbonyl (C=O) groups is 2. The average Bonchev–Trinajstić information content (AvgIpc) is 2.69. The first-order valence-electron chi connectivity index (χ1n) is 8.38. The van der Waals surface area contributed by atoms with Gasteiger partial charge in [0.25, 0.3) is 10.0 Å². The van der Waals surface area contributed by atoms with Crippen LogP contribution in [0.25, 0.3) is 0 Å². The molecule has 9 heteroatoms. The summed E-state index contributed by atoms with van der Waals surface area (Å²) in [6.07, 6.45) is 1.41. The van der Waals surface area contributed by atoms with Gasteiger partial charge in [-0.3, -0.25) is 9.52 Å². The molecule has 0 unspecified atom stereocenters. The van der Waals surface area contributed by atoms with E-state index in [2.05, 4.69) is 9.71 Å². The average molecular weight is 412 g/mol. The van der Waals surface area contributed by atoms with Gasteiger partial charge in [0.2, 0.25) is 0 Å². The number of carboxylic acid groups (broad SMARTS) is 1. The number of benzene rings is 2. The first-order valence-corrected chi connectivity index (χ1v) is 9.87. The topological polar surface area (TPSA) is 134 Å². The number of Topliss-reactive ketones (excluding diaryl/α,β-unsaturated/α-hetero) is 1. The van der Waals surface area contributed by atoms with Gasteiger partial charge in [-0.2, -0.15) is 0 Å². The molecule has 0 saturated carbocycles. The van der Waals surface area contributed by atoms with Crippen LogP contribution in [0.15, 0.2) is 71.8 Å². The minimum Gasteiger partial charge on any atom is -0.507 e. The van der Waals surface area contributed by atoms with Gasteiger partial charge in [0.05, 0.1) is 4.90 Å². The highest BCUT2D eigenvalue weighted by Crippen LogP contribution is 2.20. The zero-order valence-electron chi connectivity index (χ0n) is 14.9. The zero-order chi connectivity index (χ0) is 21.0. The molecule has 0 bridgehead atoms. The molecule has 0 aliphatic rings. The molecule has 3 aromatic rings. The molecular formula is C20H16N2O6S. The second-order valence-corrected chi connectivity index (χ2v) is 7.78. The first kappa shape index (κ1) is 20.0. The standard InChI is InChI=1S/C20H16N2O6S/c23-17-9-6-14(12-16(17)20(25)26)18(24)11-13-4-7-15(8-5-13)29(27,28)22-19-3-1-2-10-21-19/h1-10,12,23H,11H2,(H,21,22)(H,25,26). The Morgan fingerprint density at radius 1 is 1.00 bits per heavy atom. The number of nitrogens with zero attached hydrogens (tertiary/aromatic N) is 1. The summed E-state index contributed by atoms with van der Waals surface area (Å²) in [5, 5.41) is 18.6. The minimum atomic E-state index is -3.82. The number of anilines is 1. The van der Waals surface area contributed by atoms with E-state index >= 15 is 0 Å². The number of carboxylic acids is 1. The van der Waals surface area contributed by atoms with Gasteiger partial charge in [-0.05, 0) is 48.0 Å². The molecule has 0 aliphatic carbocycles. The number of pyridine rings is 1. The van der Waals surface area contributed by atoms with Gasteiger partial charge in [-0.25, -0.2) is 18.2 Å². The first-order chi connectivity index (χ1) is 13.8. The van der Waals surface area contributed by atoms with Crippen molar-refractivity contribution >= 4 is 27.6 Å². The third-order valence-electron chi connectivity index (χ3n) is 4.05. The summed E-state index contributed by atoms with van der Waals surface area (Å²) >= 11 is 0. The molecule has 148 valence electrons. The Kier molecular flexibility index (Phi) is 5.60. The molecule has 0 aliphatic heterocycles. The van der Waals surface area contributed by atoms with E-state index in [0.717, 1.165) is 12.1 Å². The van der Waals surface area contributed by atoms with E-state index < -0.39 is 21.7 Å². The number of nitrogens with one attached hydrogen (secondary N) is 1. The largest absolute Gasteiger partial charge is 0.507 e. The van der Waals surface area contributed by atoms with Crippen LogP contribution in [-0.2, 0) is 16.4 Å². The maximum Gasteiger partial charge on any atom is 0.339 e. The van der Waals surface area contributed by atoms with Crippen LogP contribution in [0.2, 0.25) is 0 Å². The lowest BCUT2D eigenvalue weighted by Crippen LogP contribution is -2.14. The monoisotopic (exact) mass is 412 g/mol. The number of aromatic hydroxyl groups is 1. The van der Waals surface area contributed by atoms with Gasteiger partial charge in [0, 0.05) is 18.2 Å². The predicted octanol–water partition coefficient (Wildman–Crippen LogP) is 2.71. The molecule has 0 atom stereocenters. The Morgan fingerprint density at radius 3 is 2.34 bits per heavy atom. The summed E-state index contributed by atoms with van der Waals surface area (Å²) in [4.78, 5) is 27.4. The van der Waals surface area contributed by atoms with Crippen molar-refractivity contribution in [2.45, 2.75) is 11.3 Å². The van der Waals surface area contributed by atoms with Crippen LogP contribution in [0.4, 0.5) is 5.82 Å². The number of hydrogen-bond acceptors (Lipinski definition) is 6. The molecule has 3 N–H and O–H groups in total. The van der Waals surface area contributed by atoms with E-state index in [1.807, 2.05) is 0 Å². The molecule has 0 amide bonds. The van der Waals surface area contributed by atoms with Crippen molar-refractivity contribution in [3.8, 4) is 5.75 Å². The minimum absolute atomic E-state index is 0.0112. The van der Waals surface area contributed by atoms with Crippen molar-refractivity contribution in [1.29, 1.82) is 0 Å². The predicted molar refractivity (Wildman–Crippen MR) is 105 cm³/mol. The van der Waals surface area contributed by atoms with E-state index in [1.165, 1.54) is 42.6 Å². The fraction of sp³-hybridized carbons (Fsp3) is 0.0500. The molecule has 0 spiro atoms. The van der Waals surface area contributed by atoms with E-state index in [4.69, 9.17) is 5.11 Å². The quantitative estimate of drug-likeness (QED) is 0.508. The number of rotatable bonds is 7. The highest BCUT2D eigenvalue weighted by molar-refractivity contribution is 7.92. The maximum atomic E-state index is 12.4. The number of ketones is 1. The molecule has 0 saturated heterocycles. The molecule has 1 heterocycles. The summed E-state index contributed by atoms with van der Waals surface area (Å²) in [5.74, 6) is -1.95. The molecule has 1 aromatic heterocycles. The van der Waals surface area contributed by atoms with Crippen molar-refractivity contribution in [3.63, 3.8) is 0 Å². The van der Waals surface area contributed by atoms with Gasteiger partial charge in [-0.15, -0.1) is 0 Å². The number of sulfonamides is 1. The van der Waals surface area contributed by atoms with Gasteiger partial charge in [0.1, 0.15) is 17.1 Å². The lowest BCUT2D eigenvalue weighted by atomic mass is 10.0. The van der Waals surface area contributed by atoms with E-state index in [9.17, 15) is 23.1 Å². The van der Waals surface area contributed by atoms with Crippen LogP contribution >= 0.6 is 0 Å². The molecule has 2 aromatic carbocycles. The van der Waals surface area contributed by atoms with Gasteiger partial charge < -0.3 is 10.2 Å². The smallest absolute Gasteiger partial charge is 0.339 e. The summed E-state index contributed by atoms with van der Waals surface area (Å²) < 4.78 is 27.1. The van der Waals surface area contributed by atoms with Crippen molar-refractivity contribution in [2.24, 2.45) is 0 Å². The van der Waals surface area contributed by atoms with Gasteiger partial charge in [-0.1, -0.05) is 18.2 Å². The summed E-state index contributed by atoms with van der Waals surface area (Å²) in [6, 6.07) is 14.2. The third-order valence-corrected chi connectivity index (χ3v) is 5.42. The SMILES string of the molecule is O=C(Cc1ccc(S(=O)(=O)Nc2ccccn2)cc1)c1ccc(O)c(C(=O)O)c1. The van der Waals surface area contributed by atoms with Crippen molar-refractivity contribution in [1.82, 2.24) is 4.98 Å². The lowest BCUT2D eigenvalue weighted by Gasteiger charge is -2.08. The van der Waals surface area contributed by atoms with Gasteiger partial charge in [0.15, 0.2) is 5.78 Å². The normalized spacial score (nSPS) is 11.0. The number of aromatic carboxylic acids is 1. The molecular weight excluding hydrogens is 396 g/mol. The fourth-order valence-electron chi connectivity index (χ4n) is 2.57. The van der Waals surface area contributed by atoms with Crippen LogP contribution in [0.3, 0.4) is 0 Å². The van der Waals surface area contributed by atoms with Crippen molar-refractivity contribution < 1.29 is 28.2 Å². The Bertz CT molecular complexity index is 1160. The second-order valence-electron chi connectivity index (χ2n) is 6.10. The lowest BCUT2D eigenvalue weighted by molar-refractivity contribution is 0.0693. The maximum absolute atomic E-state index is 12.4. The van der Waals surface area contributed by atoms with Crippen LogP contribution < -0.4 is 4.72 Å². The molecule has 0 fully saturated rings. The van der Waals surface area contributed by atoms with Crippen LogP contribution in [0.1, 0.15) is 26.3 Å². The van der Waals surface area contributed by atoms with E-state index in [1.54, 1.807) is 12.1 Å². The highest BCUT2D eigenvalue weighted by Gasteiger charge is 2.17. The fourth-order valence-corrected chi connectivity index (χ4v) is 3.58. The van der Waals surface area contributed by atoms with Crippen molar-refractivity contribution in [3.05, 3.63) is 83.6 Å².